The molecular weight excluding hydrogens is 468 g/mol. The molecule has 0 bridgehead atoms. The molecule has 1 saturated heterocycles. The zero-order valence-corrected chi connectivity index (χ0v) is 20.7. The van der Waals surface area contributed by atoms with Crippen LogP contribution in [0.3, 0.4) is 0 Å². The predicted octanol–water partition coefficient (Wildman–Crippen LogP) is 5.22. The molecule has 1 fully saturated rings. The van der Waals surface area contributed by atoms with Crippen LogP contribution in [0.4, 0.5) is 0 Å². The maximum absolute atomic E-state index is 13.8. The molecule has 2 aliphatic rings. The molecule has 3 aromatic heterocycles. The number of aromatic nitrogens is 2. The Hall–Kier alpha value is -2.42. The summed E-state index contributed by atoms with van der Waals surface area (Å²) < 4.78 is 13.1. The van der Waals surface area contributed by atoms with Gasteiger partial charge in [0.25, 0.3) is 5.56 Å². The largest absolute Gasteiger partial charge is 0.423 e. The van der Waals surface area contributed by atoms with E-state index in [2.05, 4.69) is 0 Å². The minimum atomic E-state index is -0.361. The first-order valence-electron chi connectivity index (χ1n) is 11.9. The van der Waals surface area contributed by atoms with Crippen LogP contribution >= 0.6 is 23.1 Å². The highest BCUT2D eigenvalue weighted by molar-refractivity contribution is 7.98. The van der Waals surface area contributed by atoms with E-state index in [9.17, 15) is 9.59 Å². The number of ether oxygens (including phenoxy) is 1. The van der Waals surface area contributed by atoms with Crippen LogP contribution in [0.2, 0.25) is 0 Å². The number of rotatable bonds is 5. The molecule has 34 heavy (non-hydrogen) atoms. The summed E-state index contributed by atoms with van der Waals surface area (Å²) in [4.78, 5) is 33.1. The Kier molecular flexibility index (Phi) is 5.83. The van der Waals surface area contributed by atoms with Gasteiger partial charge in [0.1, 0.15) is 10.4 Å². The van der Waals surface area contributed by atoms with Gasteiger partial charge >= 0.3 is 5.63 Å². The number of thioether (sulfide) groups is 1. The van der Waals surface area contributed by atoms with Gasteiger partial charge in [0, 0.05) is 28.7 Å². The molecule has 0 amide bonds. The molecule has 0 saturated carbocycles. The number of fused-ring (bicyclic) bond motifs is 4. The quantitative estimate of drug-likeness (QED) is 0.215. The third kappa shape index (κ3) is 4.01. The molecule has 6 nitrogen and oxygen atoms in total. The van der Waals surface area contributed by atoms with Gasteiger partial charge in [0.2, 0.25) is 0 Å². The summed E-state index contributed by atoms with van der Waals surface area (Å²) in [5.74, 6) is 0.528. The molecule has 1 aliphatic carbocycles. The van der Waals surface area contributed by atoms with Crippen molar-refractivity contribution in [2.75, 3.05) is 6.61 Å². The summed E-state index contributed by atoms with van der Waals surface area (Å²) >= 11 is 3.18. The van der Waals surface area contributed by atoms with E-state index in [1.54, 1.807) is 17.4 Å². The van der Waals surface area contributed by atoms with Crippen molar-refractivity contribution >= 4 is 44.3 Å². The molecule has 4 aromatic rings. The van der Waals surface area contributed by atoms with Crippen molar-refractivity contribution < 1.29 is 9.15 Å². The summed E-state index contributed by atoms with van der Waals surface area (Å²) in [5.41, 5.74) is 3.42. The highest BCUT2D eigenvalue weighted by Crippen LogP contribution is 2.35. The highest BCUT2D eigenvalue weighted by atomic mass is 32.2. The molecular formula is C26H26N2O4S2. The van der Waals surface area contributed by atoms with E-state index in [1.165, 1.54) is 28.6 Å². The first kappa shape index (κ1) is 22.1. The molecule has 1 atom stereocenters. The summed E-state index contributed by atoms with van der Waals surface area (Å²) in [6, 6.07) is 7.45. The number of benzene rings is 1. The zero-order valence-electron chi connectivity index (χ0n) is 19.1. The van der Waals surface area contributed by atoms with Gasteiger partial charge in [-0.25, -0.2) is 9.78 Å². The van der Waals surface area contributed by atoms with Crippen LogP contribution in [-0.2, 0) is 29.9 Å². The van der Waals surface area contributed by atoms with Crippen molar-refractivity contribution in [3.8, 4) is 0 Å². The Morgan fingerprint density at radius 3 is 2.91 bits per heavy atom. The molecule has 1 unspecified atom stereocenters. The van der Waals surface area contributed by atoms with Crippen molar-refractivity contribution in [1.29, 1.82) is 0 Å². The Bertz CT molecular complexity index is 1510. The van der Waals surface area contributed by atoms with Crippen molar-refractivity contribution in [2.45, 2.75) is 69.0 Å². The van der Waals surface area contributed by atoms with Crippen LogP contribution in [0.1, 0.15) is 47.3 Å². The predicted molar refractivity (Wildman–Crippen MR) is 136 cm³/mol. The lowest BCUT2D eigenvalue weighted by Crippen LogP contribution is -2.29. The lowest BCUT2D eigenvalue weighted by Gasteiger charge is -2.16. The van der Waals surface area contributed by atoms with Crippen LogP contribution in [0, 0.1) is 6.92 Å². The average Bonchev–Trinajstić information content (AvgIpc) is 3.46. The van der Waals surface area contributed by atoms with Gasteiger partial charge in [0.05, 0.1) is 18.0 Å². The van der Waals surface area contributed by atoms with E-state index in [4.69, 9.17) is 14.1 Å². The van der Waals surface area contributed by atoms with Gasteiger partial charge in [0.15, 0.2) is 5.16 Å². The minimum Gasteiger partial charge on any atom is -0.423 e. The van der Waals surface area contributed by atoms with Crippen LogP contribution in [0.25, 0.3) is 21.2 Å². The van der Waals surface area contributed by atoms with Crippen molar-refractivity contribution in [2.24, 2.45) is 0 Å². The molecule has 0 radical (unpaired) electrons. The van der Waals surface area contributed by atoms with Gasteiger partial charge in [-0.15, -0.1) is 11.3 Å². The SMILES string of the molecule is Cc1ccc2c(CSc3nc4sc5c(c4c(=O)n3CC3CCCO3)CCCC5)cc(=O)oc2c1. The highest BCUT2D eigenvalue weighted by Gasteiger charge is 2.25. The fraction of sp³-hybridized carbons (Fsp3) is 0.423. The van der Waals surface area contributed by atoms with Crippen molar-refractivity contribution in [3.63, 3.8) is 0 Å². The second kappa shape index (κ2) is 8.98. The van der Waals surface area contributed by atoms with E-state index in [-0.39, 0.29) is 17.3 Å². The number of hydrogen-bond acceptors (Lipinski definition) is 7. The smallest absolute Gasteiger partial charge is 0.336 e. The third-order valence-corrected chi connectivity index (χ3v) is 9.00. The maximum Gasteiger partial charge on any atom is 0.336 e. The van der Waals surface area contributed by atoms with Crippen LogP contribution in [-0.4, -0.2) is 22.3 Å². The van der Waals surface area contributed by atoms with Crippen molar-refractivity contribution in [1.82, 2.24) is 9.55 Å². The zero-order chi connectivity index (χ0) is 23.2. The lowest BCUT2D eigenvalue weighted by atomic mass is 9.97. The second-order valence-electron chi connectivity index (χ2n) is 9.22. The molecule has 1 aromatic carbocycles. The minimum absolute atomic E-state index is 0.0401. The fourth-order valence-corrected chi connectivity index (χ4v) is 7.38. The molecule has 8 heteroatoms. The Morgan fingerprint density at radius 1 is 1.18 bits per heavy atom. The first-order chi connectivity index (χ1) is 16.6. The number of thiophene rings is 1. The van der Waals surface area contributed by atoms with Gasteiger partial charge in [-0.05, 0) is 68.2 Å². The van der Waals surface area contributed by atoms with E-state index < -0.39 is 0 Å². The third-order valence-electron chi connectivity index (χ3n) is 6.79. The van der Waals surface area contributed by atoms with E-state index in [0.29, 0.717) is 23.0 Å². The molecule has 4 heterocycles. The van der Waals surface area contributed by atoms with Gasteiger partial charge in [-0.3, -0.25) is 9.36 Å². The van der Waals surface area contributed by atoms with E-state index in [1.807, 2.05) is 29.7 Å². The first-order valence-corrected chi connectivity index (χ1v) is 13.7. The van der Waals surface area contributed by atoms with Gasteiger partial charge < -0.3 is 9.15 Å². The summed E-state index contributed by atoms with van der Waals surface area (Å²) in [6.07, 6.45) is 6.33. The molecule has 0 N–H and O–H groups in total. The second-order valence-corrected chi connectivity index (χ2v) is 11.2. The Balaban J connectivity index is 1.43. The fourth-order valence-electron chi connectivity index (χ4n) is 5.08. The van der Waals surface area contributed by atoms with Gasteiger partial charge in [-0.2, -0.15) is 0 Å². The summed E-state index contributed by atoms with van der Waals surface area (Å²) in [7, 11) is 0. The summed E-state index contributed by atoms with van der Waals surface area (Å²) in [6.45, 7) is 3.24. The lowest BCUT2D eigenvalue weighted by molar-refractivity contribution is 0.0937. The average molecular weight is 495 g/mol. The normalized spacial score (nSPS) is 18.1. The number of aryl methyl sites for hydroxylation is 3. The standard InChI is InChI=1S/C26H26N2O4S2/c1-15-8-9-18-16(12-22(29)32-20(18)11-15)14-33-26-27-24-23(19-6-2-3-7-21(19)34-24)25(30)28(26)13-17-5-4-10-31-17/h8-9,11-12,17H,2-7,10,13-14H2,1H3. The molecule has 176 valence electrons. The summed E-state index contributed by atoms with van der Waals surface area (Å²) in [5, 5.41) is 2.42. The number of hydrogen-bond donors (Lipinski definition) is 0. The topological polar surface area (TPSA) is 74.3 Å². The molecule has 1 aliphatic heterocycles. The molecule has 6 rings (SSSR count). The number of nitrogens with zero attached hydrogens (tertiary/aromatic N) is 2. The molecule has 0 spiro atoms. The monoisotopic (exact) mass is 494 g/mol. The van der Waals surface area contributed by atoms with E-state index in [0.717, 1.165) is 65.4 Å². The van der Waals surface area contributed by atoms with Crippen LogP contribution in [0.5, 0.6) is 0 Å². The Morgan fingerprint density at radius 2 is 2.06 bits per heavy atom. The van der Waals surface area contributed by atoms with Crippen molar-refractivity contribution in [3.05, 3.63) is 66.6 Å². The van der Waals surface area contributed by atoms with E-state index >= 15 is 0 Å². The Labute approximate surface area is 205 Å². The van der Waals surface area contributed by atoms with Gasteiger partial charge in [-0.1, -0.05) is 23.9 Å². The maximum atomic E-state index is 13.8. The van der Waals surface area contributed by atoms with Crippen LogP contribution in [0.15, 0.2) is 43.4 Å². The van der Waals surface area contributed by atoms with Crippen LogP contribution < -0.4 is 11.2 Å².